The average molecular weight is 490 g/mol. The fourth-order valence-corrected chi connectivity index (χ4v) is 3.30. The second-order valence-electron chi connectivity index (χ2n) is 7.32. The van der Waals surface area contributed by atoms with Gasteiger partial charge in [0, 0.05) is 0 Å². The predicted octanol–water partition coefficient (Wildman–Crippen LogP) is 5.16. The van der Waals surface area contributed by atoms with Crippen LogP contribution in [0.4, 0.5) is 0 Å². The molecule has 0 fully saturated rings. The first-order chi connectivity index (χ1) is 17.5. The molecule has 0 atom stereocenters. The molecule has 0 aromatic heterocycles. The molecule has 0 radical (unpaired) electrons. The van der Waals surface area contributed by atoms with E-state index in [1.165, 1.54) is 14.2 Å². The highest BCUT2D eigenvalue weighted by atomic mass is 16.6. The van der Waals surface area contributed by atoms with Gasteiger partial charge < -0.3 is 28.4 Å². The molecule has 0 aliphatic carbocycles. The van der Waals surface area contributed by atoms with Crippen LogP contribution >= 0.6 is 0 Å². The molecule has 3 aromatic carbocycles. The summed E-state index contributed by atoms with van der Waals surface area (Å²) in [4.78, 5) is 12.3. The zero-order chi connectivity index (χ0) is 25.9. The molecule has 0 N–H and O–H groups in total. The summed E-state index contributed by atoms with van der Waals surface area (Å²) in [6, 6.07) is 19.4. The van der Waals surface area contributed by atoms with Crippen molar-refractivity contribution in [1.29, 1.82) is 5.26 Å². The van der Waals surface area contributed by atoms with E-state index in [2.05, 4.69) is 6.07 Å². The van der Waals surface area contributed by atoms with Crippen LogP contribution in [0.2, 0.25) is 0 Å². The smallest absolute Gasteiger partial charge is 0.349 e. The predicted molar refractivity (Wildman–Crippen MR) is 135 cm³/mol. The van der Waals surface area contributed by atoms with E-state index in [0.717, 1.165) is 5.75 Å². The molecule has 3 rings (SSSR count). The van der Waals surface area contributed by atoms with Gasteiger partial charge in [-0.1, -0.05) is 6.07 Å². The number of nitriles is 1. The lowest BCUT2D eigenvalue weighted by atomic mass is 10.0. The summed E-state index contributed by atoms with van der Waals surface area (Å²) in [5.41, 5.74) is 1.76. The number of carbonyl (C=O) groups is 1. The summed E-state index contributed by atoms with van der Waals surface area (Å²) in [5.74, 6) is 2.30. The van der Waals surface area contributed by atoms with Crippen molar-refractivity contribution in [2.75, 3.05) is 34.5 Å². The van der Waals surface area contributed by atoms with Crippen LogP contribution in [0.3, 0.4) is 0 Å². The lowest BCUT2D eigenvalue weighted by molar-refractivity contribution is -0.136. The fourth-order valence-electron chi connectivity index (χ4n) is 3.30. The van der Waals surface area contributed by atoms with E-state index in [-0.39, 0.29) is 12.4 Å². The Morgan fingerprint density at radius 1 is 0.806 bits per heavy atom. The third-order valence-electron chi connectivity index (χ3n) is 5.03. The first kappa shape index (κ1) is 26.0. The maximum absolute atomic E-state index is 12.3. The van der Waals surface area contributed by atoms with E-state index in [1.807, 2.05) is 6.92 Å². The molecule has 36 heavy (non-hydrogen) atoms. The van der Waals surface area contributed by atoms with Crippen molar-refractivity contribution < 1.29 is 33.2 Å². The molecule has 0 saturated carbocycles. The largest absolute Gasteiger partial charge is 0.494 e. The molecule has 8 heteroatoms. The van der Waals surface area contributed by atoms with E-state index in [9.17, 15) is 10.1 Å². The van der Waals surface area contributed by atoms with E-state index < -0.39 is 5.97 Å². The number of hydrogen-bond donors (Lipinski definition) is 0. The van der Waals surface area contributed by atoms with Crippen molar-refractivity contribution in [2.45, 2.75) is 6.92 Å². The SMILES string of the molecule is CCOc1ccc(OCC(=O)Oc2ccc(/C=C(/C#N)c3ccc(OC)c(OC)c3)cc2OC)cc1. The van der Waals surface area contributed by atoms with Crippen LogP contribution < -0.4 is 28.4 Å². The summed E-state index contributed by atoms with van der Waals surface area (Å²) in [5, 5.41) is 9.71. The van der Waals surface area contributed by atoms with Gasteiger partial charge >= 0.3 is 5.97 Å². The molecule has 0 amide bonds. The second kappa shape index (κ2) is 12.7. The molecule has 8 nitrogen and oxygen atoms in total. The Balaban J connectivity index is 1.71. The van der Waals surface area contributed by atoms with Crippen molar-refractivity contribution in [1.82, 2.24) is 0 Å². The maximum Gasteiger partial charge on any atom is 0.349 e. The highest BCUT2D eigenvalue weighted by molar-refractivity contribution is 5.90. The summed E-state index contributed by atoms with van der Waals surface area (Å²) < 4.78 is 32.3. The van der Waals surface area contributed by atoms with Crippen molar-refractivity contribution in [3.05, 3.63) is 71.8 Å². The molecule has 0 saturated heterocycles. The van der Waals surface area contributed by atoms with Crippen LogP contribution in [-0.2, 0) is 4.79 Å². The van der Waals surface area contributed by atoms with E-state index >= 15 is 0 Å². The number of benzene rings is 3. The van der Waals surface area contributed by atoms with Gasteiger partial charge in [-0.2, -0.15) is 5.26 Å². The molecular weight excluding hydrogens is 462 g/mol. The number of carbonyl (C=O) groups excluding carboxylic acids is 1. The van der Waals surface area contributed by atoms with Crippen molar-refractivity contribution >= 4 is 17.6 Å². The van der Waals surface area contributed by atoms with Gasteiger partial charge in [0.2, 0.25) is 0 Å². The normalized spacial score (nSPS) is 10.7. The highest BCUT2D eigenvalue weighted by Gasteiger charge is 2.13. The van der Waals surface area contributed by atoms with Crippen LogP contribution in [0, 0.1) is 11.3 Å². The molecule has 0 aliphatic rings. The minimum Gasteiger partial charge on any atom is -0.494 e. The van der Waals surface area contributed by atoms with Crippen LogP contribution in [-0.4, -0.2) is 40.5 Å². The van der Waals surface area contributed by atoms with Gasteiger partial charge in [0.15, 0.2) is 29.6 Å². The Labute approximate surface area is 210 Å². The Hall–Kier alpha value is -4.64. The Bertz CT molecular complexity index is 1260. The number of hydrogen-bond acceptors (Lipinski definition) is 8. The number of esters is 1. The number of methoxy groups -OCH3 is 3. The van der Waals surface area contributed by atoms with Gasteiger partial charge in [0.25, 0.3) is 0 Å². The molecule has 0 bridgehead atoms. The lowest BCUT2D eigenvalue weighted by Gasteiger charge is -2.11. The first-order valence-corrected chi connectivity index (χ1v) is 11.1. The van der Waals surface area contributed by atoms with Gasteiger partial charge in [-0.3, -0.25) is 0 Å². The van der Waals surface area contributed by atoms with Crippen molar-refractivity contribution in [2.24, 2.45) is 0 Å². The average Bonchev–Trinajstić information content (AvgIpc) is 2.91. The fraction of sp³-hybridized carbons (Fsp3) is 0.214. The van der Waals surface area contributed by atoms with E-state index in [4.69, 9.17) is 28.4 Å². The highest BCUT2D eigenvalue weighted by Crippen LogP contribution is 2.33. The standard InChI is InChI=1S/C28H27NO7/c1-5-34-22-8-10-23(11-9-22)35-18-28(30)36-25-12-6-19(15-26(25)32-3)14-21(17-29)20-7-13-24(31-2)27(16-20)33-4/h6-16H,5,18H2,1-4H3/b21-14-. The zero-order valence-electron chi connectivity index (χ0n) is 20.6. The molecule has 0 spiro atoms. The Morgan fingerprint density at radius 3 is 2.03 bits per heavy atom. The molecule has 3 aromatic rings. The summed E-state index contributed by atoms with van der Waals surface area (Å²) in [6.45, 7) is 2.19. The molecule has 0 heterocycles. The summed E-state index contributed by atoms with van der Waals surface area (Å²) in [7, 11) is 4.55. The second-order valence-corrected chi connectivity index (χ2v) is 7.32. The van der Waals surface area contributed by atoms with Crippen molar-refractivity contribution in [3.8, 4) is 40.6 Å². The number of allylic oxidation sites excluding steroid dienone is 1. The quantitative estimate of drug-likeness (QED) is 0.158. The van der Waals surface area contributed by atoms with Crippen LogP contribution in [0.5, 0.6) is 34.5 Å². The van der Waals surface area contributed by atoms with Gasteiger partial charge in [-0.15, -0.1) is 0 Å². The Kier molecular flexibility index (Phi) is 9.18. The molecule has 0 unspecified atom stereocenters. The van der Waals surface area contributed by atoms with Gasteiger partial charge in [0.05, 0.1) is 39.6 Å². The van der Waals surface area contributed by atoms with Crippen LogP contribution in [0.1, 0.15) is 18.1 Å². The number of nitrogens with zero attached hydrogens (tertiary/aromatic N) is 1. The minimum atomic E-state index is -0.589. The maximum atomic E-state index is 12.3. The van der Waals surface area contributed by atoms with Gasteiger partial charge in [-0.25, -0.2) is 4.79 Å². The van der Waals surface area contributed by atoms with Gasteiger partial charge in [-0.05, 0) is 78.7 Å². The van der Waals surface area contributed by atoms with Crippen LogP contribution in [0.15, 0.2) is 60.7 Å². The number of ether oxygens (including phenoxy) is 6. The molecule has 186 valence electrons. The molecular formula is C28H27NO7. The van der Waals surface area contributed by atoms with Crippen LogP contribution in [0.25, 0.3) is 11.6 Å². The third-order valence-corrected chi connectivity index (χ3v) is 5.03. The van der Waals surface area contributed by atoms with Gasteiger partial charge in [0.1, 0.15) is 11.5 Å². The van der Waals surface area contributed by atoms with E-state index in [1.54, 1.807) is 73.8 Å². The minimum absolute atomic E-state index is 0.236. The Morgan fingerprint density at radius 2 is 1.42 bits per heavy atom. The first-order valence-electron chi connectivity index (χ1n) is 11.1. The van der Waals surface area contributed by atoms with E-state index in [0.29, 0.717) is 46.3 Å². The van der Waals surface area contributed by atoms with Crippen molar-refractivity contribution in [3.63, 3.8) is 0 Å². The lowest BCUT2D eigenvalue weighted by Crippen LogP contribution is -2.18. The monoisotopic (exact) mass is 489 g/mol. The summed E-state index contributed by atoms with van der Waals surface area (Å²) in [6.07, 6.45) is 1.70. The number of rotatable bonds is 11. The zero-order valence-corrected chi connectivity index (χ0v) is 20.6. The topological polar surface area (TPSA) is 96.2 Å². The third kappa shape index (κ3) is 6.70. The molecule has 0 aliphatic heterocycles. The summed E-state index contributed by atoms with van der Waals surface area (Å²) >= 11 is 0.